The fourth-order valence-corrected chi connectivity index (χ4v) is 2.44. The molecule has 0 radical (unpaired) electrons. The molecule has 0 bridgehead atoms. The maximum atomic E-state index is 10.9. The second-order valence-electron chi connectivity index (χ2n) is 5.08. The molecule has 14 heavy (non-hydrogen) atoms. The van der Waals surface area contributed by atoms with Crippen LogP contribution in [0.15, 0.2) is 0 Å². The minimum Gasteiger partial charge on any atom is -0.481 e. The number of carboxylic acid groups (broad SMARTS) is 2. The van der Waals surface area contributed by atoms with Gasteiger partial charge in [-0.2, -0.15) is 0 Å². The van der Waals surface area contributed by atoms with Crippen LogP contribution in [-0.4, -0.2) is 22.2 Å². The summed E-state index contributed by atoms with van der Waals surface area (Å²) in [6.07, 6.45) is 0. The van der Waals surface area contributed by atoms with E-state index < -0.39 is 34.6 Å². The van der Waals surface area contributed by atoms with Gasteiger partial charge in [0.2, 0.25) is 0 Å². The topological polar surface area (TPSA) is 74.6 Å². The predicted molar refractivity (Wildman–Crippen MR) is 49.8 cm³/mol. The first-order chi connectivity index (χ1) is 6.14. The van der Waals surface area contributed by atoms with E-state index in [2.05, 4.69) is 0 Å². The monoisotopic (exact) mass is 200 g/mol. The predicted octanol–water partition coefficient (Wildman–Crippen LogP) is 1.45. The van der Waals surface area contributed by atoms with Crippen LogP contribution in [0.1, 0.15) is 27.7 Å². The molecule has 1 saturated carbocycles. The average Bonchev–Trinajstić information content (AvgIpc) is 1.97. The maximum absolute atomic E-state index is 10.9. The summed E-state index contributed by atoms with van der Waals surface area (Å²) in [4.78, 5) is 21.9. The smallest absolute Gasteiger partial charge is 0.307 e. The van der Waals surface area contributed by atoms with Gasteiger partial charge in [0.05, 0.1) is 11.8 Å². The van der Waals surface area contributed by atoms with Crippen molar-refractivity contribution in [3.63, 3.8) is 0 Å². The third kappa shape index (κ3) is 1.06. The van der Waals surface area contributed by atoms with Crippen molar-refractivity contribution >= 4 is 11.9 Å². The third-order valence-corrected chi connectivity index (χ3v) is 4.08. The Hall–Kier alpha value is -1.06. The van der Waals surface area contributed by atoms with Crippen molar-refractivity contribution in [1.29, 1.82) is 0 Å². The van der Waals surface area contributed by atoms with E-state index in [9.17, 15) is 9.59 Å². The Kier molecular flexibility index (Phi) is 2.14. The second kappa shape index (κ2) is 2.72. The van der Waals surface area contributed by atoms with E-state index in [4.69, 9.17) is 10.2 Å². The van der Waals surface area contributed by atoms with Crippen molar-refractivity contribution in [3.8, 4) is 0 Å². The van der Waals surface area contributed by atoms with Gasteiger partial charge < -0.3 is 10.2 Å². The highest BCUT2D eigenvalue weighted by molar-refractivity contribution is 5.84. The third-order valence-electron chi connectivity index (χ3n) is 4.08. The molecule has 1 fully saturated rings. The van der Waals surface area contributed by atoms with Gasteiger partial charge >= 0.3 is 11.9 Å². The number of hydrogen-bond acceptors (Lipinski definition) is 2. The number of rotatable bonds is 2. The molecule has 0 saturated heterocycles. The molecule has 0 unspecified atom stereocenters. The molecule has 0 aliphatic heterocycles. The standard InChI is InChI=1S/C10H16O4/c1-9(2)5(7(11)12)6(8(13)14)10(9,3)4/h5-6H,1-4H3,(H,11,12)(H,13,14)/t5-,6-/m1/s1. The Morgan fingerprint density at radius 3 is 1.21 bits per heavy atom. The van der Waals surface area contributed by atoms with Gasteiger partial charge in [-0.05, 0) is 10.8 Å². The van der Waals surface area contributed by atoms with E-state index >= 15 is 0 Å². The molecule has 1 aliphatic rings. The summed E-state index contributed by atoms with van der Waals surface area (Å²) in [6, 6.07) is 0. The average molecular weight is 200 g/mol. The molecule has 2 N–H and O–H groups in total. The first-order valence-electron chi connectivity index (χ1n) is 4.59. The molecule has 0 heterocycles. The van der Waals surface area contributed by atoms with Crippen LogP contribution in [0, 0.1) is 22.7 Å². The summed E-state index contributed by atoms with van der Waals surface area (Å²) >= 11 is 0. The van der Waals surface area contributed by atoms with Crippen LogP contribution in [-0.2, 0) is 9.59 Å². The van der Waals surface area contributed by atoms with Gasteiger partial charge in [0.15, 0.2) is 0 Å². The number of carbonyl (C=O) groups is 2. The number of hydrogen-bond donors (Lipinski definition) is 2. The van der Waals surface area contributed by atoms with Crippen LogP contribution in [0.5, 0.6) is 0 Å². The van der Waals surface area contributed by atoms with E-state index in [1.165, 1.54) is 0 Å². The van der Waals surface area contributed by atoms with Crippen LogP contribution >= 0.6 is 0 Å². The highest BCUT2D eigenvalue weighted by Crippen LogP contribution is 2.64. The fourth-order valence-electron chi connectivity index (χ4n) is 2.44. The fraction of sp³-hybridized carbons (Fsp3) is 0.800. The van der Waals surface area contributed by atoms with Gasteiger partial charge in [0, 0.05) is 0 Å². The molecular weight excluding hydrogens is 184 g/mol. The van der Waals surface area contributed by atoms with Gasteiger partial charge in [-0.1, -0.05) is 27.7 Å². The Bertz CT molecular complexity index is 260. The maximum Gasteiger partial charge on any atom is 0.307 e. The lowest BCUT2D eigenvalue weighted by Gasteiger charge is -2.61. The van der Waals surface area contributed by atoms with E-state index in [0.717, 1.165) is 0 Å². The summed E-state index contributed by atoms with van der Waals surface area (Å²) in [6.45, 7) is 7.24. The van der Waals surface area contributed by atoms with E-state index in [1.807, 2.05) is 27.7 Å². The molecule has 2 atom stereocenters. The SMILES string of the molecule is CC1(C)[C@@H](C(=O)O)[C@H](C(=O)O)C1(C)C. The second-order valence-corrected chi connectivity index (χ2v) is 5.08. The highest BCUT2D eigenvalue weighted by Gasteiger charge is 2.67. The first kappa shape index (κ1) is 11.0. The molecule has 80 valence electrons. The molecule has 0 aromatic heterocycles. The Labute approximate surface area is 82.9 Å². The van der Waals surface area contributed by atoms with Gasteiger partial charge in [-0.15, -0.1) is 0 Å². The molecule has 0 aromatic carbocycles. The van der Waals surface area contributed by atoms with Crippen LogP contribution < -0.4 is 0 Å². The van der Waals surface area contributed by atoms with E-state index in [1.54, 1.807) is 0 Å². The minimum atomic E-state index is -1.01. The summed E-state index contributed by atoms with van der Waals surface area (Å²) in [5.41, 5.74) is -0.941. The summed E-state index contributed by atoms with van der Waals surface area (Å²) in [5, 5.41) is 17.9. The van der Waals surface area contributed by atoms with Gasteiger partial charge in [-0.25, -0.2) is 0 Å². The zero-order valence-corrected chi connectivity index (χ0v) is 8.87. The summed E-state index contributed by atoms with van der Waals surface area (Å²) in [7, 11) is 0. The van der Waals surface area contributed by atoms with Crippen molar-refractivity contribution in [3.05, 3.63) is 0 Å². The van der Waals surface area contributed by atoms with Crippen molar-refractivity contribution in [1.82, 2.24) is 0 Å². The van der Waals surface area contributed by atoms with Crippen LogP contribution in [0.25, 0.3) is 0 Å². The van der Waals surface area contributed by atoms with Gasteiger partial charge in [0.25, 0.3) is 0 Å². The van der Waals surface area contributed by atoms with Gasteiger partial charge in [-0.3, -0.25) is 9.59 Å². The summed E-state index contributed by atoms with van der Waals surface area (Å²) < 4.78 is 0. The Morgan fingerprint density at radius 1 is 0.857 bits per heavy atom. The quantitative estimate of drug-likeness (QED) is 0.707. The molecule has 0 aromatic rings. The largest absolute Gasteiger partial charge is 0.481 e. The summed E-state index contributed by atoms with van der Waals surface area (Å²) in [5.74, 6) is -3.59. The Morgan fingerprint density at radius 2 is 1.07 bits per heavy atom. The molecule has 0 spiro atoms. The van der Waals surface area contributed by atoms with Crippen LogP contribution in [0.4, 0.5) is 0 Å². The number of aliphatic carboxylic acids is 2. The van der Waals surface area contributed by atoms with Crippen molar-refractivity contribution in [2.45, 2.75) is 27.7 Å². The minimum absolute atomic E-state index is 0.470. The normalized spacial score (nSPS) is 33.1. The molecule has 4 nitrogen and oxygen atoms in total. The molecule has 1 rings (SSSR count). The zero-order valence-electron chi connectivity index (χ0n) is 8.87. The lowest BCUT2D eigenvalue weighted by Crippen LogP contribution is -2.65. The van der Waals surface area contributed by atoms with Crippen molar-refractivity contribution in [2.75, 3.05) is 0 Å². The zero-order chi connectivity index (χ0) is 11.3. The molecule has 4 heteroatoms. The van der Waals surface area contributed by atoms with Crippen molar-refractivity contribution < 1.29 is 19.8 Å². The van der Waals surface area contributed by atoms with E-state index in [0.29, 0.717) is 0 Å². The van der Waals surface area contributed by atoms with Crippen LogP contribution in [0.3, 0.4) is 0 Å². The highest BCUT2D eigenvalue weighted by atomic mass is 16.4. The number of carboxylic acids is 2. The van der Waals surface area contributed by atoms with Crippen molar-refractivity contribution in [2.24, 2.45) is 22.7 Å². The molecular formula is C10H16O4. The molecule has 0 amide bonds. The lowest BCUT2D eigenvalue weighted by atomic mass is 9.40. The first-order valence-corrected chi connectivity index (χ1v) is 4.59. The van der Waals surface area contributed by atoms with E-state index in [-0.39, 0.29) is 0 Å². The Balaban J connectivity index is 3.08. The lowest BCUT2D eigenvalue weighted by molar-refractivity contribution is -0.209. The van der Waals surface area contributed by atoms with Gasteiger partial charge in [0.1, 0.15) is 0 Å². The molecule has 1 aliphatic carbocycles. The van der Waals surface area contributed by atoms with Crippen LogP contribution in [0.2, 0.25) is 0 Å².